The van der Waals surface area contributed by atoms with Gasteiger partial charge in [-0.25, -0.2) is 13.8 Å². The highest BCUT2D eigenvalue weighted by atomic mass is 79.9. The topological polar surface area (TPSA) is 57.8 Å². The van der Waals surface area contributed by atoms with Gasteiger partial charge in [0.1, 0.15) is 17.5 Å². The van der Waals surface area contributed by atoms with E-state index < -0.39 is 17.7 Å². The number of benzene rings is 1. The van der Waals surface area contributed by atoms with E-state index in [0.29, 0.717) is 17.1 Å². The molecular weight excluding hydrogens is 344 g/mol. The van der Waals surface area contributed by atoms with E-state index in [1.54, 1.807) is 20.8 Å². The van der Waals surface area contributed by atoms with Crippen LogP contribution in [0.1, 0.15) is 30.0 Å². The summed E-state index contributed by atoms with van der Waals surface area (Å²) in [7, 11) is 0. The minimum absolute atomic E-state index is 0.0115. The van der Waals surface area contributed by atoms with Crippen molar-refractivity contribution in [1.82, 2.24) is 9.97 Å². The van der Waals surface area contributed by atoms with E-state index in [9.17, 15) is 13.6 Å². The minimum atomic E-state index is -0.607. The summed E-state index contributed by atoms with van der Waals surface area (Å²) in [6.07, 6.45) is 0. The molecule has 0 saturated carbocycles. The van der Waals surface area contributed by atoms with Gasteiger partial charge in [0.15, 0.2) is 0 Å². The van der Waals surface area contributed by atoms with Crippen molar-refractivity contribution in [2.24, 2.45) is 0 Å². The summed E-state index contributed by atoms with van der Waals surface area (Å²) in [5, 5.41) is 2.80. The summed E-state index contributed by atoms with van der Waals surface area (Å²) < 4.78 is 27.3. The fraction of sp³-hybridized carbons (Fsp3) is 0.286. The van der Waals surface area contributed by atoms with Crippen LogP contribution >= 0.6 is 15.9 Å². The number of halogens is 3. The Morgan fingerprint density at radius 1 is 1.29 bits per heavy atom. The number of hydrogen-bond donors (Lipinski definition) is 2. The van der Waals surface area contributed by atoms with Gasteiger partial charge in [-0.1, -0.05) is 0 Å². The van der Waals surface area contributed by atoms with Crippen LogP contribution in [0.15, 0.2) is 21.4 Å². The van der Waals surface area contributed by atoms with Gasteiger partial charge in [-0.2, -0.15) is 0 Å². The number of aromatic nitrogens is 2. The minimum Gasteiger partial charge on any atom is -0.376 e. The molecule has 2 rings (SSSR count). The first-order valence-electron chi connectivity index (χ1n) is 6.28. The fourth-order valence-corrected chi connectivity index (χ4v) is 2.50. The second-order valence-electron chi connectivity index (χ2n) is 4.76. The van der Waals surface area contributed by atoms with Crippen LogP contribution in [0.5, 0.6) is 0 Å². The highest BCUT2D eigenvalue weighted by Gasteiger charge is 2.17. The van der Waals surface area contributed by atoms with Crippen LogP contribution in [0, 0.1) is 25.5 Å². The molecule has 0 bridgehead atoms. The normalized spacial score (nSPS) is 12.3. The summed E-state index contributed by atoms with van der Waals surface area (Å²) in [6, 6.07) is 1.56. The zero-order chi connectivity index (χ0) is 15.7. The van der Waals surface area contributed by atoms with Crippen LogP contribution in [0.3, 0.4) is 0 Å². The van der Waals surface area contributed by atoms with E-state index in [4.69, 9.17) is 0 Å². The molecule has 0 aliphatic rings. The Labute approximate surface area is 128 Å². The van der Waals surface area contributed by atoms with E-state index in [2.05, 4.69) is 31.2 Å². The summed E-state index contributed by atoms with van der Waals surface area (Å²) in [5.74, 6) is -0.683. The molecule has 1 atom stereocenters. The van der Waals surface area contributed by atoms with Crippen LogP contribution in [0.2, 0.25) is 0 Å². The third kappa shape index (κ3) is 3.29. The molecule has 0 aliphatic carbocycles. The summed E-state index contributed by atoms with van der Waals surface area (Å²) in [5.41, 5.74) is 0.637. The maximum Gasteiger partial charge on any atom is 0.256 e. The Balaban J connectivity index is 2.37. The molecular formula is C14H14BrF2N3O. The van der Waals surface area contributed by atoms with Crippen molar-refractivity contribution >= 4 is 21.6 Å². The van der Waals surface area contributed by atoms with Crippen molar-refractivity contribution < 1.29 is 8.78 Å². The molecule has 2 N–H and O–H groups in total. The SMILES string of the molecule is Cc1nc(C)c(C(C)Nc2cc(F)c(Br)cc2F)c(=O)[nH]1. The lowest BCUT2D eigenvalue weighted by molar-refractivity contribution is 0.594. The van der Waals surface area contributed by atoms with Crippen LogP contribution in [-0.4, -0.2) is 9.97 Å². The number of anilines is 1. The molecule has 4 nitrogen and oxygen atoms in total. The molecule has 0 radical (unpaired) electrons. The standard InChI is InChI=1S/C14H14BrF2N3O/c1-6-13(14(21)20-8(3)18-6)7(2)19-12-5-10(16)9(15)4-11(12)17/h4-5,7,19H,1-3H3,(H,18,20,21). The first-order valence-corrected chi connectivity index (χ1v) is 7.07. The van der Waals surface area contributed by atoms with E-state index in [-0.39, 0.29) is 15.7 Å². The molecule has 0 spiro atoms. The van der Waals surface area contributed by atoms with Gasteiger partial charge in [-0.15, -0.1) is 0 Å². The van der Waals surface area contributed by atoms with Crippen LogP contribution < -0.4 is 10.9 Å². The Morgan fingerprint density at radius 2 is 1.95 bits per heavy atom. The first kappa shape index (κ1) is 15.6. The van der Waals surface area contributed by atoms with Gasteiger partial charge in [0, 0.05) is 6.07 Å². The maximum absolute atomic E-state index is 13.8. The highest BCUT2D eigenvalue weighted by molar-refractivity contribution is 9.10. The van der Waals surface area contributed by atoms with Gasteiger partial charge in [0.25, 0.3) is 5.56 Å². The monoisotopic (exact) mass is 357 g/mol. The Bertz CT molecular complexity index is 746. The maximum atomic E-state index is 13.8. The zero-order valence-electron chi connectivity index (χ0n) is 11.7. The molecule has 0 amide bonds. The molecule has 0 aliphatic heterocycles. The average molecular weight is 358 g/mol. The van der Waals surface area contributed by atoms with E-state index >= 15 is 0 Å². The van der Waals surface area contributed by atoms with Crippen LogP contribution in [0.25, 0.3) is 0 Å². The van der Waals surface area contributed by atoms with E-state index in [1.807, 2.05) is 0 Å². The van der Waals surface area contributed by atoms with Gasteiger partial charge in [-0.05, 0) is 42.8 Å². The lowest BCUT2D eigenvalue weighted by Gasteiger charge is -2.17. The number of nitrogens with one attached hydrogen (secondary N) is 2. The van der Waals surface area contributed by atoms with Crippen molar-refractivity contribution in [3.8, 4) is 0 Å². The Morgan fingerprint density at radius 3 is 2.57 bits per heavy atom. The molecule has 1 heterocycles. The van der Waals surface area contributed by atoms with Gasteiger partial charge in [-0.3, -0.25) is 4.79 Å². The number of aryl methyl sites for hydroxylation is 2. The number of H-pyrrole nitrogens is 1. The van der Waals surface area contributed by atoms with Gasteiger partial charge < -0.3 is 10.3 Å². The van der Waals surface area contributed by atoms with Crippen molar-refractivity contribution in [1.29, 1.82) is 0 Å². The molecule has 21 heavy (non-hydrogen) atoms. The molecule has 112 valence electrons. The van der Waals surface area contributed by atoms with E-state index in [1.165, 1.54) is 0 Å². The summed E-state index contributed by atoms with van der Waals surface area (Å²) in [4.78, 5) is 18.8. The third-order valence-electron chi connectivity index (χ3n) is 3.08. The largest absolute Gasteiger partial charge is 0.376 e. The van der Waals surface area contributed by atoms with Crippen molar-refractivity contribution in [2.75, 3.05) is 5.32 Å². The number of aromatic amines is 1. The smallest absolute Gasteiger partial charge is 0.256 e. The molecule has 0 fully saturated rings. The first-order chi connectivity index (χ1) is 9.79. The average Bonchev–Trinajstić information content (AvgIpc) is 2.34. The second kappa shape index (κ2) is 5.93. The Kier molecular flexibility index (Phi) is 4.41. The number of nitrogens with zero attached hydrogens (tertiary/aromatic N) is 1. The van der Waals surface area contributed by atoms with Crippen LogP contribution in [-0.2, 0) is 0 Å². The third-order valence-corrected chi connectivity index (χ3v) is 3.69. The van der Waals surface area contributed by atoms with Crippen molar-refractivity contribution in [3.63, 3.8) is 0 Å². The van der Waals surface area contributed by atoms with Crippen molar-refractivity contribution in [2.45, 2.75) is 26.8 Å². The predicted octanol–water partition coefficient (Wildman–Crippen LogP) is 3.60. The molecule has 2 aromatic rings. The summed E-state index contributed by atoms with van der Waals surface area (Å²) >= 11 is 2.91. The highest BCUT2D eigenvalue weighted by Crippen LogP contribution is 2.26. The lowest BCUT2D eigenvalue weighted by Crippen LogP contribution is -2.23. The molecule has 1 unspecified atom stereocenters. The zero-order valence-corrected chi connectivity index (χ0v) is 13.3. The molecule has 1 aromatic carbocycles. The quantitative estimate of drug-likeness (QED) is 0.825. The number of hydrogen-bond acceptors (Lipinski definition) is 3. The molecule has 0 saturated heterocycles. The van der Waals surface area contributed by atoms with Gasteiger partial charge >= 0.3 is 0 Å². The second-order valence-corrected chi connectivity index (χ2v) is 5.62. The van der Waals surface area contributed by atoms with Crippen LogP contribution in [0.4, 0.5) is 14.5 Å². The van der Waals surface area contributed by atoms with Gasteiger partial charge in [0.05, 0.1) is 27.5 Å². The lowest BCUT2D eigenvalue weighted by atomic mass is 10.1. The fourth-order valence-electron chi connectivity index (χ4n) is 2.18. The molecule has 1 aromatic heterocycles. The summed E-state index contributed by atoms with van der Waals surface area (Å²) in [6.45, 7) is 5.07. The molecule has 7 heteroatoms. The van der Waals surface area contributed by atoms with Gasteiger partial charge in [0.2, 0.25) is 0 Å². The Hall–Kier alpha value is -1.76. The van der Waals surface area contributed by atoms with E-state index in [0.717, 1.165) is 12.1 Å². The van der Waals surface area contributed by atoms with Crippen molar-refractivity contribution in [3.05, 3.63) is 55.7 Å². The predicted molar refractivity (Wildman–Crippen MR) is 80.4 cm³/mol. The number of rotatable bonds is 3.